The Bertz CT molecular complexity index is 97.0. The topological polar surface area (TPSA) is 12.0 Å². The molecule has 1 N–H and O–H groups in total. The van der Waals surface area contributed by atoms with Gasteiger partial charge in [0.25, 0.3) is 0 Å². The molecule has 1 unspecified atom stereocenters. The molecule has 0 aromatic heterocycles. The lowest BCUT2D eigenvalue weighted by Crippen LogP contribution is -2.30. The summed E-state index contributed by atoms with van der Waals surface area (Å²) in [5.74, 6) is 2.37. The zero-order valence-corrected chi connectivity index (χ0v) is 8.03. The SMILES string of the molecule is CC(CCl)CNCC1CCC1. The summed E-state index contributed by atoms with van der Waals surface area (Å²) in [5.41, 5.74) is 0. The Labute approximate surface area is 74.5 Å². The van der Waals surface area contributed by atoms with Crippen LogP contribution < -0.4 is 5.32 Å². The third kappa shape index (κ3) is 3.44. The molecular formula is C9H18ClN. The number of hydrogen-bond acceptors (Lipinski definition) is 1. The zero-order chi connectivity index (χ0) is 8.10. The van der Waals surface area contributed by atoms with Gasteiger partial charge in [0.1, 0.15) is 0 Å². The molecule has 0 amide bonds. The van der Waals surface area contributed by atoms with Crippen molar-refractivity contribution < 1.29 is 0 Å². The van der Waals surface area contributed by atoms with Gasteiger partial charge in [-0.1, -0.05) is 13.3 Å². The minimum atomic E-state index is 0.622. The van der Waals surface area contributed by atoms with E-state index in [2.05, 4.69) is 12.2 Å². The summed E-state index contributed by atoms with van der Waals surface area (Å²) in [4.78, 5) is 0. The normalized spacial score (nSPS) is 21.3. The standard InChI is InChI=1S/C9H18ClN/c1-8(5-10)6-11-7-9-3-2-4-9/h8-9,11H,2-7H2,1H3. The minimum Gasteiger partial charge on any atom is -0.316 e. The average molecular weight is 176 g/mol. The quantitative estimate of drug-likeness (QED) is 0.633. The van der Waals surface area contributed by atoms with Gasteiger partial charge in [-0.25, -0.2) is 0 Å². The van der Waals surface area contributed by atoms with Crippen molar-refractivity contribution in [2.45, 2.75) is 26.2 Å². The smallest absolute Gasteiger partial charge is 0.0261 e. The van der Waals surface area contributed by atoms with Crippen LogP contribution >= 0.6 is 11.6 Å². The van der Waals surface area contributed by atoms with Gasteiger partial charge >= 0.3 is 0 Å². The summed E-state index contributed by atoms with van der Waals surface area (Å²) in [6, 6.07) is 0. The van der Waals surface area contributed by atoms with Gasteiger partial charge in [-0.3, -0.25) is 0 Å². The van der Waals surface area contributed by atoms with Crippen molar-refractivity contribution in [3.63, 3.8) is 0 Å². The molecule has 1 nitrogen and oxygen atoms in total. The lowest BCUT2D eigenvalue weighted by molar-refractivity contribution is 0.298. The maximum atomic E-state index is 5.68. The van der Waals surface area contributed by atoms with Crippen LogP contribution in [0.3, 0.4) is 0 Å². The molecule has 1 saturated carbocycles. The van der Waals surface area contributed by atoms with Crippen molar-refractivity contribution >= 4 is 11.6 Å². The summed E-state index contributed by atoms with van der Waals surface area (Å²) in [7, 11) is 0. The van der Waals surface area contributed by atoms with E-state index in [1.165, 1.54) is 25.8 Å². The first kappa shape index (κ1) is 9.34. The van der Waals surface area contributed by atoms with Crippen LogP contribution in [0.5, 0.6) is 0 Å². The summed E-state index contributed by atoms with van der Waals surface area (Å²) in [6.45, 7) is 4.47. The van der Waals surface area contributed by atoms with Crippen LogP contribution in [0, 0.1) is 11.8 Å². The van der Waals surface area contributed by atoms with Crippen LogP contribution in [0.4, 0.5) is 0 Å². The van der Waals surface area contributed by atoms with Gasteiger partial charge in [-0.2, -0.15) is 0 Å². The second kappa shape index (κ2) is 5.00. The maximum absolute atomic E-state index is 5.68. The Hall–Kier alpha value is 0.250. The highest BCUT2D eigenvalue weighted by molar-refractivity contribution is 6.18. The van der Waals surface area contributed by atoms with Crippen LogP contribution in [0.1, 0.15) is 26.2 Å². The molecule has 11 heavy (non-hydrogen) atoms. The summed E-state index contributed by atoms with van der Waals surface area (Å²) in [6.07, 6.45) is 4.31. The van der Waals surface area contributed by atoms with Gasteiger partial charge in [0, 0.05) is 5.88 Å². The molecule has 1 fully saturated rings. The number of halogens is 1. The Balaban J connectivity index is 1.86. The van der Waals surface area contributed by atoms with Gasteiger partial charge in [0.2, 0.25) is 0 Å². The Morgan fingerprint density at radius 1 is 1.55 bits per heavy atom. The van der Waals surface area contributed by atoms with E-state index in [9.17, 15) is 0 Å². The second-order valence-electron chi connectivity index (χ2n) is 3.71. The average Bonchev–Trinajstić information content (AvgIpc) is 1.94. The highest BCUT2D eigenvalue weighted by Gasteiger charge is 2.16. The predicted octanol–water partition coefficient (Wildman–Crippen LogP) is 2.25. The molecule has 66 valence electrons. The number of hydrogen-bond donors (Lipinski definition) is 1. The first-order valence-electron chi connectivity index (χ1n) is 4.59. The summed E-state index contributed by atoms with van der Waals surface area (Å²) >= 11 is 5.68. The van der Waals surface area contributed by atoms with Crippen molar-refractivity contribution in [2.24, 2.45) is 11.8 Å². The summed E-state index contributed by atoms with van der Waals surface area (Å²) < 4.78 is 0. The first-order chi connectivity index (χ1) is 5.33. The second-order valence-corrected chi connectivity index (χ2v) is 4.02. The van der Waals surface area contributed by atoms with E-state index in [0.717, 1.165) is 18.3 Å². The molecule has 2 heteroatoms. The molecule has 0 aromatic rings. The van der Waals surface area contributed by atoms with Crippen LogP contribution in [0.15, 0.2) is 0 Å². The Kier molecular flexibility index (Phi) is 4.24. The molecular weight excluding hydrogens is 158 g/mol. The lowest BCUT2D eigenvalue weighted by Gasteiger charge is -2.26. The fourth-order valence-electron chi connectivity index (χ4n) is 1.29. The van der Waals surface area contributed by atoms with Gasteiger partial charge in [0.05, 0.1) is 0 Å². The molecule has 0 heterocycles. The number of alkyl halides is 1. The Morgan fingerprint density at radius 2 is 2.27 bits per heavy atom. The van der Waals surface area contributed by atoms with Crippen molar-refractivity contribution in [3.8, 4) is 0 Å². The summed E-state index contributed by atoms with van der Waals surface area (Å²) in [5, 5.41) is 3.45. The molecule has 0 aliphatic heterocycles. The lowest BCUT2D eigenvalue weighted by atomic mass is 9.85. The van der Waals surface area contributed by atoms with Crippen LogP contribution in [-0.2, 0) is 0 Å². The van der Waals surface area contributed by atoms with Gasteiger partial charge in [0.15, 0.2) is 0 Å². The van der Waals surface area contributed by atoms with E-state index in [1.54, 1.807) is 0 Å². The minimum absolute atomic E-state index is 0.622. The first-order valence-corrected chi connectivity index (χ1v) is 5.13. The van der Waals surface area contributed by atoms with E-state index in [-0.39, 0.29) is 0 Å². The third-order valence-corrected chi connectivity index (χ3v) is 2.94. The molecule has 1 rings (SSSR count). The molecule has 0 saturated heterocycles. The molecule has 1 atom stereocenters. The molecule has 0 bridgehead atoms. The van der Waals surface area contributed by atoms with Crippen molar-refractivity contribution in [2.75, 3.05) is 19.0 Å². The van der Waals surface area contributed by atoms with Crippen LogP contribution in [0.25, 0.3) is 0 Å². The van der Waals surface area contributed by atoms with Gasteiger partial charge in [-0.05, 0) is 37.8 Å². The third-order valence-electron chi connectivity index (χ3n) is 2.41. The molecule has 0 radical (unpaired) electrons. The van der Waals surface area contributed by atoms with Crippen molar-refractivity contribution in [3.05, 3.63) is 0 Å². The fourth-order valence-corrected chi connectivity index (χ4v) is 1.39. The van der Waals surface area contributed by atoms with Crippen molar-refractivity contribution in [1.29, 1.82) is 0 Å². The van der Waals surface area contributed by atoms with Crippen LogP contribution in [-0.4, -0.2) is 19.0 Å². The molecule has 1 aliphatic carbocycles. The van der Waals surface area contributed by atoms with E-state index in [4.69, 9.17) is 11.6 Å². The highest BCUT2D eigenvalue weighted by atomic mass is 35.5. The van der Waals surface area contributed by atoms with Gasteiger partial charge in [-0.15, -0.1) is 11.6 Å². The van der Waals surface area contributed by atoms with E-state index < -0.39 is 0 Å². The van der Waals surface area contributed by atoms with E-state index >= 15 is 0 Å². The zero-order valence-electron chi connectivity index (χ0n) is 7.28. The molecule has 0 aromatic carbocycles. The van der Waals surface area contributed by atoms with E-state index in [0.29, 0.717) is 5.92 Å². The fraction of sp³-hybridized carbons (Fsp3) is 1.00. The van der Waals surface area contributed by atoms with E-state index in [1.807, 2.05) is 0 Å². The maximum Gasteiger partial charge on any atom is 0.0261 e. The largest absolute Gasteiger partial charge is 0.316 e. The van der Waals surface area contributed by atoms with Crippen LogP contribution in [0.2, 0.25) is 0 Å². The van der Waals surface area contributed by atoms with Gasteiger partial charge < -0.3 is 5.32 Å². The molecule has 0 spiro atoms. The number of nitrogens with one attached hydrogen (secondary N) is 1. The number of rotatable bonds is 5. The van der Waals surface area contributed by atoms with Crippen molar-refractivity contribution in [1.82, 2.24) is 5.32 Å². The monoisotopic (exact) mass is 175 g/mol. The highest BCUT2D eigenvalue weighted by Crippen LogP contribution is 2.25. The molecule has 1 aliphatic rings. The predicted molar refractivity (Wildman–Crippen MR) is 50.1 cm³/mol. The Morgan fingerprint density at radius 3 is 2.73 bits per heavy atom.